The van der Waals surface area contributed by atoms with E-state index < -0.39 is 0 Å². The van der Waals surface area contributed by atoms with Gasteiger partial charge in [-0.05, 0) is 78.8 Å². The number of hydrogen-bond donors (Lipinski definition) is 1. The maximum atomic E-state index is 13.7. The van der Waals surface area contributed by atoms with Crippen LogP contribution >= 0.6 is 15.9 Å². The predicted molar refractivity (Wildman–Crippen MR) is 174 cm³/mol. The number of methoxy groups -OCH3 is 2. The zero-order chi connectivity index (χ0) is 30.8. The summed E-state index contributed by atoms with van der Waals surface area (Å²) < 4.78 is 11.8. The molecule has 1 heterocycles. The lowest BCUT2D eigenvalue weighted by Gasteiger charge is -2.40. The van der Waals surface area contributed by atoms with Crippen LogP contribution in [-0.2, 0) is 24.4 Å². The van der Waals surface area contributed by atoms with Crippen molar-refractivity contribution in [3.8, 4) is 11.5 Å². The molecule has 1 N–H and O–H groups in total. The van der Waals surface area contributed by atoms with Gasteiger partial charge in [0.25, 0.3) is 5.91 Å². The van der Waals surface area contributed by atoms with Crippen molar-refractivity contribution < 1.29 is 19.1 Å². The Morgan fingerprint density at radius 3 is 2.09 bits per heavy atom. The summed E-state index contributed by atoms with van der Waals surface area (Å²) in [6, 6.07) is 22.0. The molecule has 8 heteroatoms. The molecule has 1 aliphatic heterocycles. The van der Waals surface area contributed by atoms with Gasteiger partial charge in [0, 0.05) is 54.7 Å². The Balaban J connectivity index is 1.38. The summed E-state index contributed by atoms with van der Waals surface area (Å²) in [4.78, 5) is 31.2. The molecule has 0 atom stereocenters. The van der Waals surface area contributed by atoms with E-state index in [1.54, 1.807) is 14.2 Å². The van der Waals surface area contributed by atoms with Crippen molar-refractivity contribution in [3.05, 3.63) is 93.5 Å². The number of amides is 2. The van der Waals surface area contributed by atoms with E-state index in [1.807, 2.05) is 42.5 Å². The fourth-order valence-electron chi connectivity index (χ4n) is 5.73. The molecule has 4 rings (SSSR count). The number of piperidine rings is 1. The molecule has 0 spiro atoms. The monoisotopic (exact) mass is 649 g/mol. The number of ether oxygens (including phenoxy) is 2. The van der Waals surface area contributed by atoms with E-state index in [2.05, 4.69) is 69.2 Å². The van der Waals surface area contributed by atoms with Crippen LogP contribution in [-0.4, -0.2) is 55.0 Å². The molecular formula is C35H44BrN3O4. The second kappa shape index (κ2) is 15.9. The van der Waals surface area contributed by atoms with Crippen LogP contribution in [0.15, 0.2) is 71.2 Å². The first-order valence-electron chi connectivity index (χ1n) is 15.2. The number of hydrogen-bond acceptors (Lipinski definition) is 5. The van der Waals surface area contributed by atoms with Crippen LogP contribution in [0.3, 0.4) is 0 Å². The van der Waals surface area contributed by atoms with E-state index in [1.165, 1.54) is 5.56 Å². The van der Waals surface area contributed by atoms with Gasteiger partial charge < -0.3 is 19.7 Å². The summed E-state index contributed by atoms with van der Waals surface area (Å²) in [7, 11) is 3.19. The van der Waals surface area contributed by atoms with Crippen LogP contribution in [0, 0.1) is 5.92 Å². The maximum absolute atomic E-state index is 13.7. The molecule has 1 saturated heterocycles. The van der Waals surface area contributed by atoms with Crippen LogP contribution in [0.5, 0.6) is 11.5 Å². The first-order valence-corrected chi connectivity index (χ1v) is 16.0. The van der Waals surface area contributed by atoms with Crippen molar-refractivity contribution in [2.75, 3.05) is 27.3 Å². The van der Waals surface area contributed by atoms with Gasteiger partial charge in [-0.25, -0.2) is 0 Å². The molecule has 7 nitrogen and oxygen atoms in total. The maximum Gasteiger partial charge on any atom is 0.251 e. The van der Waals surface area contributed by atoms with E-state index in [0.717, 1.165) is 60.9 Å². The summed E-state index contributed by atoms with van der Waals surface area (Å²) in [6.45, 7) is 7.98. The van der Waals surface area contributed by atoms with Gasteiger partial charge >= 0.3 is 0 Å². The van der Waals surface area contributed by atoms with Crippen molar-refractivity contribution in [1.29, 1.82) is 0 Å². The SMILES string of the molecule is CCC(CC)C(=O)N(Cc1ccc(C(=O)NCc2ccc(OC)c(OC)c2)cc1)C1CCN(Cc2ccc(Br)cc2)CC1. The average molecular weight is 651 g/mol. The van der Waals surface area contributed by atoms with Gasteiger partial charge in [0.2, 0.25) is 5.91 Å². The van der Waals surface area contributed by atoms with E-state index >= 15 is 0 Å². The Bertz CT molecular complexity index is 1330. The van der Waals surface area contributed by atoms with Crippen molar-refractivity contribution >= 4 is 27.7 Å². The number of halogens is 1. The molecule has 0 bridgehead atoms. The molecule has 43 heavy (non-hydrogen) atoms. The van der Waals surface area contributed by atoms with Gasteiger partial charge in [0.05, 0.1) is 14.2 Å². The Labute approximate surface area is 264 Å². The third-order valence-electron chi connectivity index (χ3n) is 8.41. The highest BCUT2D eigenvalue weighted by atomic mass is 79.9. The van der Waals surface area contributed by atoms with E-state index in [-0.39, 0.29) is 23.8 Å². The minimum absolute atomic E-state index is 0.0300. The van der Waals surface area contributed by atoms with Gasteiger partial charge in [-0.15, -0.1) is 0 Å². The van der Waals surface area contributed by atoms with Crippen LogP contribution in [0.2, 0.25) is 0 Å². The normalized spacial score (nSPS) is 14.0. The fraction of sp³-hybridized carbons (Fsp3) is 0.429. The Morgan fingerprint density at radius 1 is 0.884 bits per heavy atom. The quantitative estimate of drug-likeness (QED) is 0.220. The summed E-state index contributed by atoms with van der Waals surface area (Å²) in [5.41, 5.74) is 3.84. The molecule has 0 unspecified atom stereocenters. The van der Waals surface area contributed by atoms with Crippen molar-refractivity contribution in [2.24, 2.45) is 5.92 Å². The molecule has 1 aliphatic rings. The number of nitrogens with one attached hydrogen (secondary N) is 1. The lowest BCUT2D eigenvalue weighted by atomic mass is 9.96. The van der Waals surface area contributed by atoms with Crippen LogP contribution in [0.1, 0.15) is 66.6 Å². The molecule has 0 radical (unpaired) electrons. The Kier molecular flexibility index (Phi) is 12.1. The predicted octanol–water partition coefficient (Wildman–Crippen LogP) is 6.83. The van der Waals surface area contributed by atoms with Crippen LogP contribution < -0.4 is 14.8 Å². The Morgan fingerprint density at radius 2 is 1.49 bits per heavy atom. The molecule has 1 fully saturated rings. The first kappa shape index (κ1) is 32.6. The van der Waals surface area contributed by atoms with Gasteiger partial charge in [0.1, 0.15) is 0 Å². The van der Waals surface area contributed by atoms with E-state index in [0.29, 0.717) is 30.2 Å². The lowest BCUT2D eigenvalue weighted by Crippen LogP contribution is -2.48. The minimum atomic E-state index is -0.149. The van der Waals surface area contributed by atoms with E-state index in [4.69, 9.17) is 9.47 Å². The Hall–Kier alpha value is -3.36. The zero-order valence-corrected chi connectivity index (χ0v) is 27.4. The van der Waals surface area contributed by atoms with Gasteiger partial charge in [-0.3, -0.25) is 14.5 Å². The number of rotatable bonds is 13. The van der Waals surface area contributed by atoms with Gasteiger partial charge in [0.15, 0.2) is 11.5 Å². The highest BCUT2D eigenvalue weighted by Crippen LogP contribution is 2.28. The zero-order valence-electron chi connectivity index (χ0n) is 25.8. The topological polar surface area (TPSA) is 71.1 Å². The third-order valence-corrected chi connectivity index (χ3v) is 8.93. The summed E-state index contributed by atoms with van der Waals surface area (Å²) in [6.07, 6.45) is 3.60. The fourth-order valence-corrected chi connectivity index (χ4v) is 5.99. The molecule has 0 saturated carbocycles. The second-order valence-corrected chi connectivity index (χ2v) is 12.1. The highest BCUT2D eigenvalue weighted by Gasteiger charge is 2.31. The lowest BCUT2D eigenvalue weighted by molar-refractivity contribution is -0.140. The highest BCUT2D eigenvalue weighted by molar-refractivity contribution is 9.10. The number of benzene rings is 3. The first-order chi connectivity index (χ1) is 20.8. The van der Waals surface area contributed by atoms with Gasteiger partial charge in [-0.2, -0.15) is 0 Å². The number of carbonyl (C=O) groups excluding carboxylic acids is 2. The second-order valence-electron chi connectivity index (χ2n) is 11.2. The number of carbonyl (C=O) groups is 2. The summed E-state index contributed by atoms with van der Waals surface area (Å²) in [5.74, 6) is 1.40. The average Bonchev–Trinajstić information content (AvgIpc) is 3.04. The molecule has 0 aliphatic carbocycles. The van der Waals surface area contributed by atoms with Crippen LogP contribution in [0.25, 0.3) is 0 Å². The van der Waals surface area contributed by atoms with Gasteiger partial charge in [-0.1, -0.05) is 60.1 Å². The standard InChI is InChI=1S/C35H44BrN3O4/c1-5-28(6-2)35(41)39(31-17-19-38(20-18-31)23-25-9-14-30(36)15-10-25)24-26-7-12-29(13-8-26)34(40)37-22-27-11-16-32(42-3)33(21-27)43-4/h7-16,21,28,31H,5-6,17-20,22-24H2,1-4H3,(H,37,40). The van der Waals surface area contributed by atoms with Crippen molar-refractivity contribution in [2.45, 2.75) is 65.2 Å². The molecule has 3 aromatic carbocycles. The number of likely N-dealkylation sites (tertiary alicyclic amines) is 1. The smallest absolute Gasteiger partial charge is 0.251 e. The molecule has 2 amide bonds. The van der Waals surface area contributed by atoms with Crippen molar-refractivity contribution in [3.63, 3.8) is 0 Å². The molecular weight excluding hydrogens is 606 g/mol. The molecule has 3 aromatic rings. The van der Waals surface area contributed by atoms with E-state index in [9.17, 15) is 9.59 Å². The summed E-state index contributed by atoms with van der Waals surface area (Å²) >= 11 is 3.52. The summed E-state index contributed by atoms with van der Waals surface area (Å²) in [5, 5.41) is 2.98. The number of nitrogens with zero attached hydrogens (tertiary/aromatic N) is 2. The minimum Gasteiger partial charge on any atom is -0.493 e. The van der Waals surface area contributed by atoms with Crippen molar-refractivity contribution in [1.82, 2.24) is 15.1 Å². The molecule has 230 valence electrons. The van der Waals surface area contributed by atoms with Crippen LogP contribution in [0.4, 0.5) is 0 Å². The molecule has 0 aromatic heterocycles. The third kappa shape index (κ3) is 8.83. The largest absolute Gasteiger partial charge is 0.493 e.